The van der Waals surface area contributed by atoms with E-state index in [9.17, 15) is 0 Å². The molecule has 1 N–H and O–H groups in total. The average molecular weight is 257 g/mol. The van der Waals surface area contributed by atoms with Crippen LogP contribution in [0.4, 0.5) is 0 Å². The van der Waals surface area contributed by atoms with Gasteiger partial charge in [-0.15, -0.1) is 0 Å². The van der Waals surface area contributed by atoms with Crippen molar-refractivity contribution in [3.63, 3.8) is 0 Å². The molecule has 0 aliphatic rings. The number of aliphatic hydroxyl groups excluding tert-OH is 1. The van der Waals surface area contributed by atoms with E-state index in [0.717, 1.165) is 0 Å². The summed E-state index contributed by atoms with van der Waals surface area (Å²) in [4.78, 5) is 3.78. The minimum atomic E-state index is -0.167. The molecule has 0 unspecified atom stereocenters. The van der Waals surface area contributed by atoms with Crippen LogP contribution in [0, 0.1) is 11.3 Å². The largest absolute Gasteiger partial charge is 0.489 e. The highest BCUT2D eigenvalue weighted by Gasteiger charge is 2.09. The fourth-order valence-corrected chi connectivity index (χ4v) is 1.07. The van der Waals surface area contributed by atoms with Crippen LogP contribution in [0.3, 0.4) is 0 Å². The SMILES string of the molecule is CC(C)O.CC(C)Oc1ccnc(Cl)c1C#N. The van der Waals surface area contributed by atoms with Crippen LogP contribution in [0.25, 0.3) is 0 Å². The molecule has 0 radical (unpaired) electrons. The Kier molecular flexibility index (Phi) is 7.27. The lowest BCUT2D eigenvalue weighted by molar-refractivity contribution is 0.216. The lowest BCUT2D eigenvalue weighted by Crippen LogP contribution is -2.07. The minimum absolute atomic E-state index is 0.0190. The van der Waals surface area contributed by atoms with Crippen molar-refractivity contribution in [2.75, 3.05) is 0 Å². The molecule has 0 amide bonds. The van der Waals surface area contributed by atoms with E-state index in [2.05, 4.69) is 4.98 Å². The van der Waals surface area contributed by atoms with Gasteiger partial charge in [0.15, 0.2) is 5.15 Å². The van der Waals surface area contributed by atoms with Gasteiger partial charge in [-0.1, -0.05) is 11.6 Å². The molecule has 0 saturated carbocycles. The molecule has 1 rings (SSSR count). The fraction of sp³-hybridized carbons (Fsp3) is 0.500. The summed E-state index contributed by atoms with van der Waals surface area (Å²) >= 11 is 5.70. The van der Waals surface area contributed by atoms with Crippen LogP contribution in [-0.2, 0) is 0 Å². The molecular weight excluding hydrogens is 240 g/mol. The molecule has 0 fully saturated rings. The molecule has 94 valence electrons. The van der Waals surface area contributed by atoms with Crippen LogP contribution < -0.4 is 4.74 Å². The predicted molar refractivity (Wildman–Crippen MR) is 67.1 cm³/mol. The molecule has 1 heterocycles. The van der Waals surface area contributed by atoms with E-state index >= 15 is 0 Å². The second kappa shape index (κ2) is 7.88. The number of aromatic nitrogens is 1. The molecule has 0 bridgehead atoms. The summed E-state index contributed by atoms with van der Waals surface area (Å²) < 4.78 is 5.37. The predicted octanol–water partition coefficient (Wildman–Crippen LogP) is 2.78. The van der Waals surface area contributed by atoms with E-state index in [0.29, 0.717) is 5.75 Å². The first kappa shape index (κ1) is 15.7. The van der Waals surface area contributed by atoms with Gasteiger partial charge in [0.25, 0.3) is 0 Å². The third kappa shape index (κ3) is 6.77. The van der Waals surface area contributed by atoms with E-state index < -0.39 is 0 Å². The molecule has 0 spiro atoms. The van der Waals surface area contributed by atoms with Crippen molar-refractivity contribution < 1.29 is 9.84 Å². The van der Waals surface area contributed by atoms with Gasteiger partial charge < -0.3 is 9.84 Å². The van der Waals surface area contributed by atoms with E-state index in [1.54, 1.807) is 19.9 Å². The molecule has 0 saturated heterocycles. The second-order valence-corrected chi connectivity index (χ2v) is 4.21. The lowest BCUT2D eigenvalue weighted by Gasteiger charge is -2.10. The van der Waals surface area contributed by atoms with Crippen LogP contribution >= 0.6 is 11.6 Å². The van der Waals surface area contributed by atoms with Crippen molar-refractivity contribution in [1.82, 2.24) is 4.98 Å². The molecule has 1 aromatic heterocycles. The first-order chi connectivity index (χ1) is 7.88. The maximum Gasteiger partial charge on any atom is 0.150 e. The van der Waals surface area contributed by atoms with Crippen molar-refractivity contribution in [1.29, 1.82) is 5.26 Å². The summed E-state index contributed by atoms with van der Waals surface area (Å²) in [6, 6.07) is 3.58. The van der Waals surface area contributed by atoms with Crippen molar-refractivity contribution in [3.8, 4) is 11.8 Å². The van der Waals surface area contributed by atoms with Crippen LogP contribution in [0.2, 0.25) is 5.15 Å². The number of aliphatic hydroxyl groups is 1. The Morgan fingerprint density at radius 2 is 1.94 bits per heavy atom. The van der Waals surface area contributed by atoms with Gasteiger partial charge in [0.05, 0.1) is 6.10 Å². The number of halogens is 1. The van der Waals surface area contributed by atoms with Gasteiger partial charge in [-0.2, -0.15) is 5.26 Å². The number of nitrogens with zero attached hydrogens (tertiary/aromatic N) is 2. The highest BCUT2D eigenvalue weighted by molar-refractivity contribution is 6.30. The summed E-state index contributed by atoms with van der Waals surface area (Å²) in [7, 11) is 0. The Morgan fingerprint density at radius 3 is 2.35 bits per heavy atom. The van der Waals surface area contributed by atoms with Crippen LogP contribution in [0.1, 0.15) is 33.3 Å². The summed E-state index contributed by atoms with van der Waals surface area (Å²) in [5.41, 5.74) is 0.290. The first-order valence-corrected chi connectivity index (χ1v) is 5.65. The molecule has 0 aromatic carbocycles. The van der Waals surface area contributed by atoms with Gasteiger partial charge in [-0.25, -0.2) is 4.98 Å². The van der Waals surface area contributed by atoms with Gasteiger partial charge in [0.1, 0.15) is 17.4 Å². The van der Waals surface area contributed by atoms with Crippen molar-refractivity contribution in [2.45, 2.75) is 39.9 Å². The zero-order valence-corrected chi connectivity index (χ0v) is 11.2. The Bertz CT molecular complexity index is 384. The maximum absolute atomic E-state index is 8.76. The van der Waals surface area contributed by atoms with E-state index in [1.807, 2.05) is 19.9 Å². The van der Waals surface area contributed by atoms with Gasteiger partial charge in [0, 0.05) is 12.3 Å². The Balaban J connectivity index is 0.000000557. The number of pyridine rings is 1. The van der Waals surface area contributed by atoms with Gasteiger partial charge in [0.2, 0.25) is 0 Å². The highest BCUT2D eigenvalue weighted by atomic mass is 35.5. The molecule has 0 aliphatic heterocycles. The normalized spacial score (nSPS) is 9.59. The number of nitriles is 1. The Labute approximate surface area is 107 Å². The third-order valence-corrected chi connectivity index (χ3v) is 1.63. The monoisotopic (exact) mass is 256 g/mol. The van der Waals surface area contributed by atoms with Gasteiger partial charge >= 0.3 is 0 Å². The van der Waals surface area contributed by atoms with Crippen molar-refractivity contribution in [3.05, 3.63) is 23.0 Å². The van der Waals surface area contributed by atoms with E-state index in [4.69, 9.17) is 26.7 Å². The zero-order valence-electron chi connectivity index (χ0n) is 10.4. The quantitative estimate of drug-likeness (QED) is 0.827. The number of rotatable bonds is 2. The Hall–Kier alpha value is -1.31. The summed E-state index contributed by atoms with van der Waals surface area (Å²) in [5.74, 6) is 0.484. The van der Waals surface area contributed by atoms with Crippen LogP contribution in [0.15, 0.2) is 12.3 Å². The molecule has 5 heteroatoms. The van der Waals surface area contributed by atoms with Crippen LogP contribution in [0.5, 0.6) is 5.75 Å². The second-order valence-electron chi connectivity index (χ2n) is 3.85. The molecule has 0 atom stereocenters. The average Bonchev–Trinajstić information content (AvgIpc) is 2.16. The maximum atomic E-state index is 8.76. The van der Waals surface area contributed by atoms with E-state index in [-0.39, 0.29) is 22.9 Å². The smallest absolute Gasteiger partial charge is 0.150 e. The van der Waals surface area contributed by atoms with E-state index in [1.165, 1.54) is 6.20 Å². The third-order valence-electron chi connectivity index (χ3n) is 1.34. The fourth-order valence-electron chi connectivity index (χ4n) is 0.873. The topological polar surface area (TPSA) is 66.1 Å². The number of hydrogen-bond donors (Lipinski definition) is 1. The lowest BCUT2D eigenvalue weighted by atomic mass is 10.3. The molecular formula is C12H17ClN2O2. The molecule has 1 aromatic rings. The van der Waals surface area contributed by atoms with Crippen LogP contribution in [-0.4, -0.2) is 22.3 Å². The first-order valence-electron chi connectivity index (χ1n) is 5.27. The standard InChI is InChI=1S/C9H9ClN2O.C3H8O/c1-6(2)13-8-3-4-12-9(10)7(8)5-11;1-3(2)4/h3-4,6H,1-2H3;3-4H,1-2H3. The van der Waals surface area contributed by atoms with Gasteiger partial charge in [-0.3, -0.25) is 0 Å². The summed E-state index contributed by atoms with van der Waals surface area (Å²) in [6.07, 6.45) is 1.37. The molecule has 17 heavy (non-hydrogen) atoms. The summed E-state index contributed by atoms with van der Waals surface area (Å²) in [5, 5.41) is 17.0. The summed E-state index contributed by atoms with van der Waals surface area (Å²) in [6.45, 7) is 7.21. The van der Waals surface area contributed by atoms with Crippen molar-refractivity contribution >= 4 is 11.6 Å². The number of hydrogen-bond acceptors (Lipinski definition) is 4. The zero-order chi connectivity index (χ0) is 13.4. The minimum Gasteiger partial charge on any atom is -0.489 e. The number of ether oxygens (including phenoxy) is 1. The van der Waals surface area contributed by atoms with Gasteiger partial charge in [-0.05, 0) is 33.8 Å². The highest BCUT2D eigenvalue weighted by Crippen LogP contribution is 2.23. The van der Waals surface area contributed by atoms with Crippen molar-refractivity contribution in [2.24, 2.45) is 0 Å². The Morgan fingerprint density at radius 1 is 1.41 bits per heavy atom. The molecule has 4 nitrogen and oxygen atoms in total. The molecule has 0 aliphatic carbocycles.